The smallest absolute Gasteiger partial charge is 0.0614 e. The van der Waals surface area contributed by atoms with E-state index in [2.05, 4.69) is 21.7 Å². The van der Waals surface area contributed by atoms with Gasteiger partial charge in [-0.25, -0.2) is 0 Å². The lowest BCUT2D eigenvalue weighted by molar-refractivity contribution is 0.230. The van der Waals surface area contributed by atoms with Gasteiger partial charge in [-0.15, -0.1) is 0 Å². The first-order valence-corrected chi connectivity index (χ1v) is 7.43. The van der Waals surface area contributed by atoms with Crippen LogP contribution >= 0.6 is 11.6 Å². The number of H-pyrrole nitrogens is 1. The minimum atomic E-state index is 0.143. The fraction of sp³-hybridized carbons (Fsp3) is 0.467. The molecule has 0 amide bonds. The molecule has 0 radical (unpaired) electrons. The van der Waals surface area contributed by atoms with Crippen molar-refractivity contribution in [2.75, 3.05) is 19.6 Å². The minimum Gasteiger partial charge on any atom is -0.357 e. The summed E-state index contributed by atoms with van der Waals surface area (Å²) in [6.07, 6.45) is 3.41. The summed E-state index contributed by atoms with van der Waals surface area (Å²) < 4.78 is 0. The van der Waals surface area contributed by atoms with Gasteiger partial charge in [0.15, 0.2) is 0 Å². The summed E-state index contributed by atoms with van der Waals surface area (Å²) in [5, 5.41) is 9.37. The molecule has 4 heteroatoms. The Morgan fingerprint density at radius 1 is 1.11 bits per heavy atom. The highest BCUT2D eigenvalue weighted by Crippen LogP contribution is 2.39. The molecule has 1 aromatic heterocycles. The van der Waals surface area contributed by atoms with Gasteiger partial charge in [-0.1, -0.05) is 17.7 Å². The largest absolute Gasteiger partial charge is 0.357 e. The van der Waals surface area contributed by atoms with Crippen LogP contribution in [0.15, 0.2) is 18.2 Å². The molecule has 2 aliphatic heterocycles. The van der Waals surface area contributed by atoms with Crippen LogP contribution in [0, 0.1) is 0 Å². The molecule has 1 fully saturated rings. The van der Waals surface area contributed by atoms with E-state index in [4.69, 9.17) is 11.6 Å². The number of aromatic nitrogens is 1. The summed E-state index contributed by atoms with van der Waals surface area (Å²) in [6, 6.07) is 6.20. The summed E-state index contributed by atoms with van der Waals surface area (Å²) in [4.78, 5) is 3.64. The van der Waals surface area contributed by atoms with Crippen LogP contribution in [-0.2, 0) is 12.0 Å². The third kappa shape index (κ3) is 1.72. The first-order valence-electron chi connectivity index (χ1n) is 7.05. The average Bonchev–Trinajstić information content (AvgIpc) is 2.79. The van der Waals surface area contributed by atoms with Crippen LogP contribution in [0.2, 0.25) is 5.02 Å². The molecule has 4 rings (SSSR count). The second kappa shape index (κ2) is 4.23. The van der Waals surface area contributed by atoms with Crippen LogP contribution in [0.4, 0.5) is 0 Å². The Morgan fingerprint density at radius 3 is 2.79 bits per heavy atom. The molecular formula is C15H18ClN3. The second-order valence-electron chi connectivity index (χ2n) is 5.68. The van der Waals surface area contributed by atoms with E-state index in [9.17, 15) is 0 Å². The maximum Gasteiger partial charge on any atom is 0.0614 e. The zero-order valence-electron chi connectivity index (χ0n) is 10.9. The quantitative estimate of drug-likeness (QED) is 0.691. The number of nitrogens with one attached hydrogen (secondary N) is 3. The molecular weight excluding hydrogens is 258 g/mol. The Labute approximate surface area is 117 Å². The van der Waals surface area contributed by atoms with E-state index < -0.39 is 0 Å². The van der Waals surface area contributed by atoms with Crippen LogP contribution < -0.4 is 10.6 Å². The van der Waals surface area contributed by atoms with Gasteiger partial charge in [0.2, 0.25) is 0 Å². The van der Waals surface area contributed by atoms with Crippen molar-refractivity contribution in [1.29, 1.82) is 0 Å². The highest BCUT2D eigenvalue weighted by atomic mass is 35.5. The molecule has 1 saturated heterocycles. The van der Waals surface area contributed by atoms with E-state index >= 15 is 0 Å². The number of aromatic amines is 1. The average molecular weight is 276 g/mol. The molecule has 0 aliphatic carbocycles. The second-order valence-corrected chi connectivity index (χ2v) is 6.11. The monoisotopic (exact) mass is 275 g/mol. The molecule has 1 aromatic carbocycles. The molecule has 100 valence electrons. The fourth-order valence-electron chi connectivity index (χ4n) is 3.69. The summed E-state index contributed by atoms with van der Waals surface area (Å²) in [5.74, 6) is 0. The maximum atomic E-state index is 6.11. The molecule has 2 aromatic rings. The lowest BCUT2D eigenvalue weighted by atomic mass is 9.80. The van der Waals surface area contributed by atoms with Gasteiger partial charge in [-0.3, -0.25) is 0 Å². The highest BCUT2D eigenvalue weighted by molar-refractivity contribution is 6.31. The van der Waals surface area contributed by atoms with Crippen LogP contribution in [0.1, 0.15) is 24.1 Å². The number of piperidine rings is 1. The molecule has 0 atom stereocenters. The molecule has 3 N–H and O–H groups in total. The lowest BCUT2D eigenvalue weighted by Gasteiger charge is -2.41. The molecule has 0 saturated carbocycles. The van der Waals surface area contributed by atoms with Crippen molar-refractivity contribution in [2.24, 2.45) is 0 Å². The van der Waals surface area contributed by atoms with E-state index in [1.807, 2.05) is 12.1 Å². The Balaban J connectivity index is 1.92. The predicted octanol–water partition coefficient (Wildman–Crippen LogP) is 2.55. The number of fused-ring (bicyclic) bond motifs is 4. The standard InChI is InChI=1S/C15H18ClN3/c16-10-1-2-11-12-3-6-18-15(4-7-17-8-5-15)14(12)19-13(11)9-10/h1-2,9,17-19H,3-8H2. The van der Waals surface area contributed by atoms with E-state index in [0.717, 1.165) is 43.9 Å². The first kappa shape index (κ1) is 11.8. The number of benzene rings is 1. The van der Waals surface area contributed by atoms with Gasteiger partial charge < -0.3 is 15.6 Å². The third-order valence-electron chi connectivity index (χ3n) is 4.64. The molecule has 0 bridgehead atoms. The van der Waals surface area contributed by atoms with Crippen LogP contribution in [-0.4, -0.2) is 24.6 Å². The van der Waals surface area contributed by atoms with Gasteiger partial charge in [0.05, 0.1) is 5.54 Å². The zero-order chi connectivity index (χ0) is 12.9. The van der Waals surface area contributed by atoms with E-state index in [1.54, 1.807) is 0 Å². The van der Waals surface area contributed by atoms with E-state index in [1.165, 1.54) is 22.2 Å². The van der Waals surface area contributed by atoms with Crippen LogP contribution in [0.3, 0.4) is 0 Å². The fourth-order valence-corrected chi connectivity index (χ4v) is 3.86. The van der Waals surface area contributed by atoms with Crippen LogP contribution in [0.25, 0.3) is 10.9 Å². The van der Waals surface area contributed by atoms with Gasteiger partial charge in [0.1, 0.15) is 0 Å². The highest BCUT2D eigenvalue weighted by Gasteiger charge is 2.39. The molecule has 0 unspecified atom stereocenters. The SMILES string of the molecule is Clc1ccc2c3c([nH]c2c1)C1(CCNCC1)NCC3. The number of rotatable bonds is 0. The topological polar surface area (TPSA) is 39.9 Å². The van der Waals surface area contributed by atoms with Gasteiger partial charge in [-0.05, 0) is 50.0 Å². The van der Waals surface area contributed by atoms with Crippen molar-refractivity contribution < 1.29 is 0 Å². The third-order valence-corrected chi connectivity index (χ3v) is 4.88. The number of hydrogen-bond donors (Lipinski definition) is 3. The Morgan fingerprint density at radius 2 is 1.95 bits per heavy atom. The van der Waals surface area contributed by atoms with Gasteiger partial charge in [0.25, 0.3) is 0 Å². The van der Waals surface area contributed by atoms with Crippen molar-refractivity contribution in [2.45, 2.75) is 24.8 Å². The summed E-state index contributed by atoms with van der Waals surface area (Å²) in [7, 11) is 0. The number of halogens is 1. The minimum absolute atomic E-state index is 0.143. The summed E-state index contributed by atoms with van der Waals surface area (Å²) >= 11 is 6.11. The Kier molecular flexibility index (Phi) is 2.62. The molecule has 3 nitrogen and oxygen atoms in total. The lowest BCUT2D eigenvalue weighted by Crippen LogP contribution is -2.53. The van der Waals surface area contributed by atoms with Gasteiger partial charge in [0, 0.05) is 28.2 Å². The molecule has 19 heavy (non-hydrogen) atoms. The first-order chi connectivity index (χ1) is 9.28. The summed E-state index contributed by atoms with van der Waals surface area (Å²) in [5.41, 5.74) is 4.22. The van der Waals surface area contributed by atoms with Crippen molar-refractivity contribution in [3.05, 3.63) is 34.5 Å². The molecule has 3 heterocycles. The molecule has 1 spiro atoms. The zero-order valence-corrected chi connectivity index (χ0v) is 11.6. The van der Waals surface area contributed by atoms with Crippen molar-refractivity contribution in [3.8, 4) is 0 Å². The summed E-state index contributed by atoms with van der Waals surface area (Å²) in [6.45, 7) is 3.24. The maximum absolute atomic E-state index is 6.11. The number of hydrogen-bond acceptors (Lipinski definition) is 2. The van der Waals surface area contributed by atoms with Crippen molar-refractivity contribution in [3.63, 3.8) is 0 Å². The van der Waals surface area contributed by atoms with E-state index in [-0.39, 0.29) is 5.54 Å². The normalized spacial score (nSPS) is 21.7. The molecule has 2 aliphatic rings. The van der Waals surface area contributed by atoms with Gasteiger partial charge in [-0.2, -0.15) is 0 Å². The van der Waals surface area contributed by atoms with Crippen molar-refractivity contribution in [1.82, 2.24) is 15.6 Å². The van der Waals surface area contributed by atoms with Crippen molar-refractivity contribution >= 4 is 22.5 Å². The van der Waals surface area contributed by atoms with Gasteiger partial charge >= 0.3 is 0 Å². The Bertz CT molecular complexity index is 626. The Hall–Kier alpha value is -1.03. The van der Waals surface area contributed by atoms with Crippen LogP contribution in [0.5, 0.6) is 0 Å². The predicted molar refractivity (Wildman–Crippen MR) is 78.8 cm³/mol. The van der Waals surface area contributed by atoms with E-state index in [0.29, 0.717) is 0 Å².